The van der Waals surface area contributed by atoms with Crippen LogP contribution in [-0.2, 0) is 6.42 Å². The van der Waals surface area contributed by atoms with Gasteiger partial charge in [-0.15, -0.1) is 0 Å². The van der Waals surface area contributed by atoms with E-state index in [1.54, 1.807) is 25.4 Å². The van der Waals surface area contributed by atoms with E-state index in [0.29, 0.717) is 33.4 Å². The van der Waals surface area contributed by atoms with Crippen molar-refractivity contribution in [3.8, 4) is 5.75 Å². The number of rotatable bonds is 6. The average molecular weight is 510 g/mol. The van der Waals surface area contributed by atoms with Gasteiger partial charge in [-0.3, -0.25) is 4.79 Å². The molecule has 0 saturated carbocycles. The molecule has 7 nitrogen and oxygen atoms in total. The van der Waals surface area contributed by atoms with E-state index in [-0.39, 0.29) is 5.56 Å². The van der Waals surface area contributed by atoms with Gasteiger partial charge in [-0.1, -0.05) is 29.3 Å². The van der Waals surface area contributed by atoms with Crippen LogP contribution in [0.4, 0.5) is 17.2 Å². The van der Waals surface area contributed by atoms with Crippen molar-refractivity contribution in [2.75, 3.05) is 43.5 Å². The quantitative estimate of drug-likeness (QED) is 0.340. The highest BCUT2D eigenvalue weighted by Crippen LogP contribution is 2.34. The zero-order valence-corrected chi connectivity index (χ0v) is 20.7. The van der Waals surface area contributed by atoms with Crippen LogP contribution >= 0.6 is 23.2 Å². The number of hydrogen-bond acceptors (Lipinski definition) is 6. The summed E-state index contributed by atoms with van der Waals surface area (Å²) in [5, 5.41) is 9.09. The number of nitrogens with one attached hydrogen (secondary N) is 3. The molecule has 0 amide bonds. The number of benzene rings is 2. The molecular weight excluding hydrogens is 485 g/mol. The fourth-order valence-electron chi connectivity index (χ4n) is 4.36. The SMILES string of the molecule is COc1cc(N2CCNCC2)ccc1Nc1nc(Cc2c(Cl)cccc2Cl)cc2cc[nH]c(=O)c12. The van der Waals surface area contributed by atoms with Gasteiger partial charge in [0, 0.05) is 66.3 Å². The van der Waals surface area contributed by atoms with E-state index < -0.39 is 0 Å². The van der Waals surface area contributed by atoms with Crippen LogP contribution < -0.4 is 25.8 Å². The highest BCUT2D eigenvalue weighted by Gasteiger charge is 2.17. The van der Waals surface area contributed by atoms with Crippen LogP contribution in [0.5, 0.6) is 5.75 Å². The lowest BCUT2D eigenvalue weighted by atomic mass is 10.1. The molecule has 0 unspecified atom stereocenters. The summed E-state index contributed by atoms with van der Waals surface area (Å²) in [6.07, 6.45) is 2.05. The van der Waals surface area contributed by atoms with Crippen LogP contribution in [0.2, 0.25) is 10.0 Å². The number of halogens is 2. The molecule has 0 radical (unpaired) electrons. The Morgan fingerprint density at radius 2 is 1.86 bits per heavy atom. The number of ether oxygens (including phenoxy) is 1. The van der Waals surface area contributed by atoms with Crippen molar-refractivity contribution in [2.45, 2.75) is 6.42 Å². The number of nitrogens with zero attached hydrogens (tertiary/aromatic N) is 2. The molecule has 1 aliphatic heterocycles. The molecule has 35 heavy (non-hydrogen) atoms. The van der Waals surface area contributed by atoms with Gasteiger partial charge in [0.05, 0.1) is 18.2 Å². The summed E-state index contributed by atoms with van der Waals surface area (Å²) >= 11 is 12.8. The molecule has 3 heterocycles. The lowest BCUT2D eigenvalue weighted by Gasteiger charge is -2.30. The van der Waals surface area contributed by atoms with E-state index in [1.807, 2.05) is 30.3 Å². The van der Waals surface area contributed by atoms with Crippen molar-refractivity contribution < 1.29 is 4.74 Å². The maximum Gasteiger partial charge on any atom is 0.259 e. The van der Waals surface area contributed by atoms with Gasteiger partial charge in [-0.25, -0.2) is 4.98 Å². The summed E-state index contributed by atoms with van der Waals surface area (Å²) in [6.45, 7) is 3.76. The summed E-state index contributed by atoms with van der Waals surface area (Å²) in [5.74, 6) is 1.11. The predicted octanol–water partition coefficient (Wildman–Crippen LogP) is 4.98. The molecule has 2 aromatic heterocycles. The molecule has 4 aromatic rings. The molecule has 0 spiro atoms. The Balaban J connectivity index is 1.55. The van der Waals surface area contributed by atoms with Crippen molar-refractivity contribution >= 4 is 51.2 Å². The topological polar surface area (TPSA) is 82.3 Å². The maximum absolute atomic E-state index is 12.8. The highest BCUT2D eigenvalue weighted by molar-refractivity contribution is 6.36. The second kappa shape index (κ2) is 10.2. The summed E-state index contributed by atoms with van der Waals surface area (Å²) in [6, 6.07) is 15.2. The number of pyridine rings is 2. The third-order valence-electron chi connectivity index (χ3n) is 6.15. The zero-order valence-electron chi connectivity index (χ0n) is 19.2. The number of anilines is 3. The smallest absolute Gasteiger partial charge is 0.259 e. The normalized spacial score (nSPS) is 13.7. The molecule has 1 fully saturated rings. The molecule has 180 valence electrons. The number of methoxy groups -OCH3 is 1. The molecule has 3 N–H and O–H groups in total. The van der Waals surface area contributed by atoms with Gasteiger partial charge in [0.2, 0.25) is 0 Å². The van der Waals surface area contributed by atoms with Crippen LogP contribution in [0.1, 0.15) is 11.3 Å². The molecule has 0 bridgehead atoms. The Morgan fingerprint density at radius 1 is 1.09 bits per heavy atom. The Morgan fingerprint density at radius 3 is 2.60 bits per heavy atom. The molecular formula is C26H25Cl2N5O2. The van der Waals surface area contributed by atoms with Crippen molar-refractivity contribution in [1.82, 2.24) is 15.3 Å². The minimum absolute atomic E-state index is 0.226. The standard InChI is InChI=1S/C26H25Cl2N5O2/c1-35-23-15-18(33-11-9-29-10-12-33)5-6-22(23)32-25-24-16(7-8-30-26(24)34)13-17(31-25)14-19-20(27)3-2-4-21(19)28/h2-8,13,15,29H,9-12,14H2,1H3,(H,30,34)(H,31,32). The van der Waals surface area contributed by atoms with Gasteiger partial charge < -0.3 is 25.3 Å². The molecule has 1 aliphatic rings. The van der Waals surface area contributed by atoms with Crippen LogP contribution in [0.25, 0.3) is 10.8 Å². The van der Waals surface area contributed by atoms with Crippen molar-refractivity contribution in [1.29, 1.82) is 0 Å². The molecule has 9 heteroatoms. The third kappa shape index (κ3) is 4.93. The second-order valence-corrected chi connectivity index (χ2v) is 9.17. The lowest BCUT2D eigenvalue weighted by molar-refractivity contribution is 0.416. The molecule has 2 aromatic carbocycles. The summed E-state index contributed by atoms with van der Waals surface area (Å²) in [4.78, 5) is 22.6. The first kappa shape index (κ1) is 23.5. The van der Waals surface area contributed by atoms with E-state index in [4.69, 9.17) is 32.9 Å². The van der Waals surface area contributed by atoms with E-state index in [0.717, 1.165) is 54.2 Å². The maximum atomic E-state index is 12.8. The first-order valence-corrected chi connectivity index (χ1v) is 12.1. The van der Waals surface area contributed by atoms with Gasteiger partial charge in [0.25, 0.3) is 5.56 Å². The van der Waals surface area contributed by atoms with Crippen LogP contribution in [0, 0.1) is 0 Å². The first-order valence-electron chi connectivity index (χ1n) is 11.4. The first-order chi connectivity index (χ1) is 17.0. The van der Waals surface area contributed by atoms with Crippen molar-refractivity contribution in [3.63, 3.8) is 0 Å². The Bertz CT molecular complexity index is 1410. The number of aromatic nitrogens is 2. The fraction of sp³-hybridized carbons (Fsp3) is 0.231. The van der Waals surface area contributed by atoms with Gasteiger partial charge in [-0.2, -0.15) is 0 Å². The molecule has 0 atom stereocenters. The molecule has 1 saturated heterocycles. The van der Waals surface area contributed by atoms with E-state index >= 15 is 0 Å². The third-order valence-corrected chi connectivity index (χ3v) is 6.86. The van der Waals surface area contributed by atoms with E-state index in [2.05, 4.69) is 26.6 Å². The molecule has 5 rings (SSSR count). The van der Waals surface area contributed by atoms with Crippen LogP contribution in [-0.4, -0.2) is 43.3 Å². The van der Waals surface area contributed by atoms with Gasteiger partial charge in [-0.05, 0) is 47.3 Å². The van der Waals surface area contributed by atoms with Crippen molar-refractivity contribution in [3.05, 3.63) is 86.4 Å². The van der Waals surface area contributed by atoms with Gasteiger partial charge in [0.15, 0.2) is 0 Å². The Hall–Kier alpha value is -3.26. The molecule has 0 aliphatic carbocycles. The average Bonchev–Trinajstić information content (AvgIpc) is 2.87. The van der Waals surface area contributed by atoms with Crippen molar-refractivity contribution in [2.24, 2.45) is 0 Å². The summed E-state index contributed by atoms with van der Waals surface area (Å²) in [5.41, 5.74) is 3.10. The second-order valence-electron chi connectivity index (χ2n) is 8.36. The number of piperazine rings is 1. The lowest BCUT2D eigenvalue weighted by Crippen LogP contribution is -2.43. The largest absolute Gasteiger partial charge is 0.494 e. The van der Waals surface area contributed by atoms with E-state index in [9.17, 15) is 4.79 Å². The summed E-state index contributed by atoms with van der Waals surface area (Å²) < 4.78 is 5.70. The minimum Gasteiger partial charge on any atom is -0.494 e. The van der Waals surface area contributed by atoms with E-state index in [1.165, 1.54) is 0 Å². The van der Waals surface area contributed by atoms with Crippen LogP contribution in [0.15, 0.2) is 59.5 Å². The number of H-pyrrole nitrogens is 1. The van der Waals surface area contributed by atoms with Gasteiger partial charge in [0.1, 0.15) is 11.6 Å². The minimum atomic E-state index is -0.226. The fourth-order valence-corrected chi connectivity index (χ4v) is 4.89. The highest BCUT2D eigenvalue weighted by atomic mass is 35.5. The Kier molecular flexibility index (Phi) is 6.81. The van der Waals surface area contributed by atoms with Crippen LogP contribution in [0.3, 0.4) is 0 Å². The number of fused-ring (bicyclic) bond motifs is 1. The summed E-state index contributed by atoms with van der Waals surface area (Å²) in [7, 11) is 1.64. The number of aromatic amines is 1. The van der Waals surface area contributed by atoms with Gasteiger partial charge >= 0.3 is 0 Å². The monoisotopic (exact) mass is 509 g/mol. The zero-order chi connectivity index (χ0) is 24.4. The number of hydrogen-bond donors (Lipinski definition) is 3. The predicted molar refractivity (Wildman–Crippen MR) is 143 cm³/mol. The Labute approximate surface area is 213 Å².